The van der Waals surface area contributed by atoms with E-state index in [0.717, 1.165) is 16.5 Å². The Labute approximate surface area is 130 Å². The Morgan fingerprint density at radius 3 is 2.82 bits per heavy atom. The molecule has 4 aromatic rings. The van der Waals surface area contributed by atoms with Crippen molar-refractivity contribution in [1.82, 2.24) is 25.1 Å². The lowest BCUT2D eigenvalue weighted by Crippen LogP contribution is -1.92. The number of benzene rings is 1. The van der Waals surface area contributed by atoms with Crippen molar-refractivity contribution < 1.29 is 4.42 Å². The molecule has 1 N–H and O–H groups in total. The van der Waals surface area contributed by atoms with Gasteiger partial charge in [-0.2, -0.15) is 0 Å². The molecule has 1 aromatic carbocycles. The summed E-state index contributed by atoms with van der Waals surface area (Å²) in [5.41, 5.74) is 3.22. The lowest BCUT2D eigenvalue weighted by Gasteiger charge is -2.04. The molecule has 0 aliphatic carbocycles. The SMILES string of the molecule is Cc1nnc(-c2cnc(Cl)nc2-c2c[nH]c3ccccc23)o1. The first kappa shape index (κ1) is 13.0. The Morgan fingerprint density at radius 2 is 2.00 bits per heavy atom. The summed E-state index contributed by atoms with van der Waals surface area (Å²) in [6.45, 7) is 1.73. The molecule has 0 amide bonds. The molecule has 0 atom stereocenters. The number of aryl methyl sites for hydroxylation is 1. The summed E-state index contributed by atoms with van der Waals surface area (Å²) >= 11 is 5.98. The Bertz CT molecular complexity index is 975. The summed E-state index contributed by atoms with van der Waals surface area (Å²) in [6.07, 6.45) is 3.48. The number of hydrogen-bond acceptors (Lipinski definition) is 5. The first-order valence-corrected chi connectivity index (χ1v) is 6.99. The fraction of sp³-hybridized carbons (Fsp3) is 0.0667. The second-order valence-corrected chi connectivity index (χ2v) is 5.11. The van der Waals surface area contributed by atoms with Gasteiger partial charge in [-0.1, -0.05) is 18.2 Å². The number of rotatable bonds is 2. The molecule has 3 aromatic heterocycles. The normalized spacial score (nSPS) is 11.2. The van der Waals surface area contributed by atoms with Crippen LogP contribution in [0.4, 0.5) is 0 Å². The van der Waals surface area contributed by atoms with E-state index in [9.17, 15) is 0 Å². The van der Waals surface area contributed by atoms with E-state index in [-0.39, 0.29) is 5.28 Å². The molecule has 108 valence electrons. The van der Waals surface area contributed by atoms with Crippen molar-refractivity contribution in [2.75, 3.05) is 0 Å². The molecule has 3 heterocycles. The number of aromatic amines is 1. The molecule has 0 saturated carbocycles. The highest BCUT2D eigenvalue weighted by atomic mass is 35.5. The number of nitrogens with one attached hydrogen (secondary N) is 1. The van der Waals surface area contributed by atoms with Gasteiger partial charge in [-0.3, -0.25) is 0 Å². The van der Waals surface area contributed by atoms with Gasteiger partial charge in [0.05, 0.1) is 11.3 Å². The van der Waals surface area contributed by atoms with Gasteiger partial charge in [0.1, 0.15) is 0 Å². The van der Waals surface area contributed by atoms with E-state index in [1.54, 1.807) is 13.1 Å². The minimum Gasteiger partial charge on any atom is -0.421 e. The molecule has 6 nitrogen and oxygen atoms in total. The molecule has 0 aliphatic rings. The Hall–Kier alpha value is -2.73. The van der Waals surface area contributed by atoms with Crippen LogP contribution in [-0.2, 0) is 0 Å². The second-order valence-electron chi connectivity index (χ2n) is 4.78. The van der Waals surface area contributed by atoms with Crippen LogP contribution in [0, 0.1) is 6.92 Å². The summed E-state index contributed by atoms with van der Waals surface area (Å²) in [6, 6.07) is 7.95. The van der Waals surface area contributed by atoms with Gasteiger partial charge in [0, 0.05) is 35.8 Å². The van der Waals surface area contributed by atoms with Crippen molar-refractivity contribution in [2.45, 2.75) is 6.92 Å². The molecular formula is C15H10ClN5O. The van der Waals surface area contributed by atoms with Crippen molar-refractivity contribution >= 4 is 22.5 Å². The predicted octanol–water partition coefficient (Wildman–Crippen LogP) is 3.64. The first-order chi connectivity index (χ1) is 10.7. The maximum atomic E-state index is 5.98. The summed E-state index contributed by atoms with van der Waals surface area (Å²) in [5.74, 6) is 0.851. The molecule has 0 aliphatic heterocycles. The summed E-state index contributed by atoms with van der Waals surface area (Å²) < 4.78 is 5.50. The van der Waals surface area contributed by atoms with E-state index in [4.69, 9.17) is 16.0 Å². The number of hydrogen-bond donors (Lipinski definition) is 1. The monoisotopic (exact) mass is 311 g/mol. The van der Waals surface area contributed by atoms with Crippen LogP contribution < -0.4 is 0 Å². The number of para-hydroxylation sites is 1. The van der Waals surface area contributed by atoms with E-state index >= 15 is 0 Å². The number of aromatic nitrogens is 5. The lowest BCUT2D eigenvalue weighted by molar-refractivity contribution is 0.532. The van der Waals surface area contributed by atoms with Crippen LogP contribution in [0.5, 0.6) is 0 Å². The third-order valence-electron chi connectivity index (χ3n) is 3.36. The average molecular weight is 312 g/mol. The zero-order valence-electron chi connectivity index (χ0n) is 11.5. The lowest BCUT2D eigenvalue weighted by atomic mass is 10.1. The van der Waals surface area contributed by atoms with Gasteiger partial charge in [-0.05, 0) is 17.7 Å². The van der Waals surface area contributed by atoms with Crippen LogP contribution in [0.3, 0.4) is 0 Å². The highest BCUT2D eigenvalue weighted by molar-refractivity contribution is 6.28. The molecule has 0 bridgehead atoms. The zero-order valence-corrected chi connectivity index (χ0v) is 12.3. The Morgan fingerprint density at radius 1 is 1.14 bits per heavy atom. The van der Waals surface area contributed by atoms with Gasteiger partial charge in [0.25, 0.3) is 5.89 Å². The van der Waals surface area contributed by atoms with Crippen molar-refractivity contribution in [2.24, 2.45) is 0 Å². The molecule has 0 fully saturated rings. The number of halogens is 1. The number of H-pyrrole nitrogens is 1. The maximum absolute atomic E-state index is 5.98. The maximum Gasteiger partial charge on any atom is 0.251 e. The van der Waals surface area contributed by atoms with Crippen molar-refractivity contribution in [3.05, 3.63) is 47.8 Å². The summed E-state index contributed by atoms with van der Waals surface area (Å²) in [4.78, 5) is 11.6. The van der Waals surface area contributed by atoms with E-state index in [1.165, 1.54) is 0 Å². The van der Waals surface area contributed by atoms with Crippen LogP contribution in [0.1, 0.15) is 5.89 Å². The average Bonchev–Trinajstić information content (AvgIpc) is 3.13. The predicted molar refractivity (Wildman–Crippen MR) is 82.4 cm³/mol. The van der Waals surface area contributed by atoms with Crippen LogP contribution in [-0.4, -0.2) is 25.1 Å². The molecule has 0 unspecified atom stereocenters. The van der Waals surface area contributed by atoms with Gasteiger partial charge < -0.3 is 9.40 Å². The minimum absolute atomic E-state index is 0.167. The van der Waals surface area contributed by atoms with Gasteiger partial charge in [-0.15, -0.1) is 10.2 Å². The van der Waals surface area contributed by atoms with E-state index in [1.807, 2.05) is 30.5 Å². The van der Waals surface area contributed by atoms with E-state index in [0.29, 0.717) is 23.0 Å². The van der Waals surface area contributed by atoms with E-state index < -0.39 is 0 Å². The molecule has 7 heteroatoms. The largest absolute Gasteiger partial charge is 0.421 e. The van der Waals surface area contributed by atoms with Gasteiger partial charge in [0.15, 0.2) is 0 Å². The van der Waals surface area contributed by atoms with E-state index in [2.05, 4.69) is 25.1 Å². The highest BCUT2D eigenvalue weighted by Gasteiger charge is 2.18. The van der Waals surface area contributed by atoms with Crippen LogP contribution in [0.2, 0.25) is 5.28 Å². The number of fused-ring (bicyclic) bond motifs is 1. The van der Waals surface area contributed by atoms with Gasteiger partial charge in [-0.25, -0.2) is 9.97 Å². The third-order valence-corrected chi connectivity index (χ3v) is 3.54. The molecule has 4 rings (SSSR count). The fourth-order valence-corrected chi connectivity index (χ4v) is 2.53. The first-order valence-electron chi connectivity index (χ1n) is 6.62. The smallest absolute Gasteiger partial charge is 0.251 e. The molecular weight excluding hydrogens is 302 g/mol. The van der Waals surface area contributed by atoms with Gasteiger partial charge >= 0.3 is 0 Å². The second kappa shape index (κ2) is 4.92. The quantitative estimate of drug-likeness (QED) is 0.572. The van der Waals surface area contributed by atoms with Crippen molar-refractivity contribution in [3.8, 4) is 22.7 Å². The minimum atomic E-state index is 0.167. The number of nitrogens with zero attached hydrogens (tertiary/aromatic N) is 4. The summed E-state index contributed by atoms with van der Waals surface area (Å²) in [5, 5.41) is 9.11. The summed E-state index contributed by atoms with van der Waals surface area (Å²) in [7, 11) is 0. The third kappa shape index (κ3) is 2.05. The van der Waals surface area contributed by atoms with Crippen molar-refractivity contribution in [3.63, 3.8) is 0 Å². The zero-order chi connectivity index (χ0) is 15.1. The van der Waals surface area contributed by atoms with Crippen LogP contribution >= 0.6 is 11.6 Å². The molecule has 0 radical (unpaired) electrons. The van der Waals surface area contributed by atoms with Crippen LogP contribution in [0.15, 0.2) is 41.1 Å². The highest BCUT2D eigenvalue weighted by Crippen LogP contribution is 2.34. The molecule has 0 spiro atoms. The Kier molecular flexibility index (Phi) is 2.90. The fourth-order valence-electron chi connectivity index (χ4n) is 2.39. The topological polar surface area (TPSA) is 80.5 Å². The van der Waals surface area contributed by atoms with Crippen molar-refractivity contribution in [1.29, 1.82) is 0 Å². The molecule has 22 heavy (non-hydrogen) atoms. The Balaban J connectivity index is 2.00. The van der Waals surface area contributed by atoms with Gasteiger partial charge in [0.2, 0.25) is 11.2 Å². The van der Waals surface area contributed by atoms with Crippen LogP contribution in [0.25, 0.3) is 33.6 Å². The molecule has 0 saturated heterocycles. The standard InChI is InChI=1S/C15H10ClN5O/c1-8-20-21-14(22-8)11-7-18-15(16)19-13(11)10-6-17-12-5-3-2-4-9(10)12/h2-7,17H,1H3.